The minimum atomic E-state index is 0.499. The van der Waals surface area contributed by atoms with Crippen LogP contribution in [0, 0.1) is 6.92 Å². The minimum Gasteiger partial charge on any atom is -0.497 e. The highest BCUT2D eigenvalue weighted by atomic mass is 16.5. The van der Waals surface area contributed by atoms with Crippen LogP contribution in [0.4, 0.5) is 0 Å². The number of hydrogen-bond donors (Lipinski definition) is 1. The average Bonchev–Trinajstić information content (AvgIpc) is 2.46. The predicted molar refractivity (Wildman–Crippen MR) is 79.1 cm³/mol. The molecule has 0 atom stereocenters. The second-order valence-corrected chi connectivity index (χ2v) is 4.67. The lowest BCUT2D eigenvalue weighted by Crippen LogP contribution is -2.06. The molecule has 106 valence electrons. The van der Waals surface area contributed by atoms with Gasteiger partial charge >= 0.3 is 0 Å². The average molecular weight is 272 g/mol. The summed E-state index contributed by atoms with van der Waals surface area (Å²) >= 11 is 0. The number of ether oxygens (including phenoxy) is 2. The summed E-state index contributed by atoms with van der Waals surface area (Å²) in [5, 5.41) is 0. The number of nitrogens with two attached hydrogens (primary N) is 1. The lowest BCUT2D eigenvalue weighted by Gasteiger charge is -2.12. The van der Waals surface area contributed by atoms with Crippen molar-refractivity contribution in [3.63, 3.8) is 0 Å². The molecule has 2 N–H and O–H groups in total. The van der Waals surface area contributed by atoms with Gasteiger partial charge < -0.3 is 15.2 Å². The maximum atomic E-state index is 5.88. The van der Waals surface area contributed by atoms with E-state index in [2.05, 4.69) is 11.1 Å². The van der Waals surface area contributed by atoms with E-state index < -0.39 is 0 Å². The molecule has 0 amide bonds. The van der Waals surface area contributed by atoms with Gasteiger partial charge in [-0.25, -0.2) is 0 Å². The molecule has 2 aromatic rings. The maximum Gasteiger partial charge on any atom is 0.123 e. The van der Waals surface area contributed by atoms with Gasteiger partial charge in [0.1, 0.15) is 18.1 Å². The summed E-state index contributed by atoms with van der Waals surface area (Å²) in [6.45, 7) is 3.10. The summed E-state index contributed by atoms with van der Waals surface area (Å²) in [7, 11) is 1.65. The van der Waals surface area contributed by atoms with E-state index in [0.29, 0.717) is 13.2 Å². The Hall–Kier alpha value is -2.07. The van der Waals surface area contributed by atoms with Crippen molar-refractivity contribution >= 4 is 0 Å². The molecule has 0 radical (unpaired) electrons. The maximum absolute atomic E-state index is 5.88. The number of rotatable bonds is 6. The van der Waals surface area contributed by atoms with Crippen molar-refractivity contribution in [3.05, 3.63) is 53.3 Å². The molecule has 1 aromatic carbocycles. The Morgan fingerprint density at radius 1 is 1.20 bits per heavy atom. The van der Waals surface area contributed by atoms with E-state index in [-0.39, 0.29) is 0 Å². The minimum absolute atomic E-state index is 0.499. The number of pyridine rings is 1. The van der Waals surface area contributed by atoms with E-state index in [9.17, 15) is 0 Å². The molecule has 0 saturated carbocycles. The zero-order valence-corrected chi connectivity index (χ0v) is 11.9. The first-order chi connectivity index (χ1) is 9.72. The Kier molecular flexibility index (Phi) is 4.96. The number of hydrogen-bond acceptors (Lipinski definition) is 4. The van der Waals surface area contributed by atoms with Crippen LogP contribution in [0.25, 0.3) is 0 Å². The standard InChI is InChI=1S/C16H20N2O2/c1-12-7-13(10-18-9-12)11-20-16-4-3-15(19-2)8-14(16)5-6-17/h3-4,7-10H,5-6,11,17H2,1-2H3. The Morgan fingerprint density at radius 2 is 2.05 bits per heavy atom. The van der Waals surface area contributed by atoms with Crippen LogP contribution in [0.2, 0.25) is 0 Å². The van der Waals surface area contributed by atoms with Crippen LogP contribution < -0.4 is 15.2 Å². The fourth-order valence-electron chi connectivity index (χ4n) is 2.03. The zero-order chi connectivity index (χ0) is 14.4. The molecule has 0 fully saturated rings. The molecule has 0 aliphatic rings. The summed E-state index contributed by atoms with van der Waals surface area (Å²) in [6, 6.07) is 7.85. The molecule has 0 spiro atoms. The molecule has 20 heavy (non-hydrogen) atoms. The van der Waals surface area contributed by atoms with Crippen molar-refractivity contribution in [1.82, 2.24) is 4.98 Å². The predicted octanol–water partition coefficient (Wildman–Crippen LogP) is 2.48. The third-order valence-electron chi connectivity index (χ3n) is 3.01. The van der Waals surface area contributed by atoms with Gasteiger partial charge in [0.05, 0.1) is 7.11 Å². The summed E-state index contributed by atoms with van der Waals surface area (Å²) in [5.41, 5.74) is 8.89. The third-order valence-corrected chi connectivity index (χ3v) is 3.01. The van der Waals surface area contributed by atoms with E-state index in [1.807, 2.05) is 37.5 Å². The fraction of sp³-hybridized carbons (Fsp3) is 0.312. The van der Waals surface area contributed by atoms with Crippen LogP contribution in [0.3, 0.4) is 0 Å². The van der Waals surface area contributed by atoms with Crippen LogP contribution in [0.1, 0.15) is 16.7 Å². The quantitative estimate of drug-likeness (QED) is 0.877. The summed E-state index contributed by atoms with van der Waals surface area (Å²) < 4.78 is 11.1. The van der Waals surface area contributed by atoms with Crippen molar-refractivity contribution in [2.75, 3.05) is 13.7 Å². The van der Waals surface area contributed by atoms with Crippen molar-refractivity contribution in [1.29, 1.82) is 0 Å². The summed E-state index contributed by atoms with van der Waals surface area (Å²) in [5.74, 6) is 1.66. The van der Waals surface area contributed by atoms with Gasteiger partial charge in [-0.3, -0.25) is 4.98 Å². The van der Waals surface area contributed by atoms with Crippen LogP contribution in [0.5, 0.6) is 11.5 Å². The second kappa shape index (κ2) is 6.91. The molecule has 0 aliphatic heterocycles. The van der Waals surface area contributed by atoms with Gasteiger partial charge in [-0.15, -0.1) is 0 Å². The van der Waals surface area contributed by atoms with Crippen LogP contribution in [-0.4, -0.2) is 18.6 Å². The fourth-order valence-corrected chi connectivity index (χ4v) is 2.03. The molecule has 0 unspecified atom stereocenters. The molecule has 4 nitrogen and oxygen atoms in total. The van der Waals surface area contributed by atoms with Crippen LogP contribution in [-0.2, 0) is 13.0 Å². The van der Waals surface area contributed by atoms with Gasteiger partial charge in [-0.1, -0.05) is 0 Å². The van der Waals surface area contributed by atoms with Crippen LogP contribution in [0.15, 0.2) is 36.7 Å². The number of aromatic nitrogens is 1. The molecular formula is C16H20N2O2. The molecular weight excluding hydrogens is 252 g/mol. The van der Waals surface area contributed by atoms with Crippen LogP contribution >= 0.6 is 0 Å². The van der Waals surface area contributed by atoms with Gasteiger partial charge in [0, 0.05) is 18.0 Å². The van der Waals surface area contributed by atoms with E-state index in [4.69, 9.17) is 15.2 Å². The number of aryl methyl sites for hydroxylation is 1. The molecule has 0 saturated heterocycles. The molecule has 4 heteroatoms. The first-order valence-electron chi connectivity index (χ1n) is 6.63. The lowest BCUT2D eigenvalue weighted by atomic mass is 10.1. The summed E-state index contributed by atoms with van der Waals surface area (Å²) in [4.78, 5) is 4.16. The van der Waals surface area contributed by atoms with Crippen molar-refractivity contribution in [2.24, 2.45) is 5.73 Å². The SMILES string of the molecule is COc1ccc(OCc2cncc(C)c2)c(CCN)c1. The van der Waals surface area contributed by atoms with E-state index in [1.54, 1.807) is 7.11 Å². The van der Waals surface area contributed by atoms with Crippen molar-refractivity contribution < 1.29 is 9.47 Å². The Bertz CT molecular complexity index is 570. The van der Waals surface area contributed by atoms with Gasteiger partial charge in [-0.2, -0.15) is 0 Å². The summed E-state index contributed by atoms with van der Waals surface area (Å²) in [6.07, 6.45) is 4.41. The molecule has 1 heterocycles. The highest BCUT2D eigenvalue weighted by Crippen LogP contribution is 2.25. The smallest absolute Gasteiger partial charge is 0.123 e. The molecule has 2 rings (SSSR count). The van der Waals surface area contributed by atoms with Gasteiger partial charge in [0.15, 0.2) is 0 Å². The van der Waals surface area contributed by atoms with E-state index >= 15 is 0 Å². The monoisotopic (exact) mass is 272 g/mol. The van der Waals surface area contributed by atoms with Gasteiger partial charge in [-0.05, 0) is 55.3 Å². The Labute approximate surface area is 119 Å². The third kappa shape index (κ3) is 3.71. The lowest BCUT2D eigenvalue weighted by molar-refractivity contribution is 0.301. The normalized spacial score (nSPS) is 10.3. The number of methoxy groups -OCH3 is 1. The van der Waals surface area contributed by atoms with Crippen molar-refractivity contribution in [2.45, 2.75) is 20.0 Å². The zero-order valence-electron chi connectivity index (χ0n) is 11.9. The van der Waals surface area contributed by atoms with Gasteiger partial charge in [0.2, 0.25) is 0 Å². The number of nitrogens with zero attached hydrogens (tertiary/aromatic N) is 1. The van der Waals surface area contributed by atoms with E-state index in [1.165, 1.54) is 0 Å². The topological polar surface area (TPSA) is 57.4 Å². The highest BCUT2D eigenvalue weighted by molar-refractivity contribution is 5.40. The van der Waals surface area contributed by atoms with E-state index in [0.717, 1.165) is 34.6 Å². The first-order valence-corrected chi connectivity index (χ1v) is 6.63. The first kappa shape index (κ1) is 14.3. The Morgan fingerprint density at radius 3 is 2.75 bits per heavy atom. The Balaban J connectivity index is 2.12. The highest BCUT2D eigenvalue weighted by Gasteiger charge is 2.06. The number of benzene rings is 1. The largest absolute Gasteiger partial charge is 0.497 e. The van der Waals surface area contributed by atoms with Crippen molar-refractivity contribution in [3.8, 4) is 11.5 Å². The van der Waals surface area contributed by atoms with Gasteiger partial charge in [0.25, 0.3) is 0 Å². The second-order valence-electron chi connectivity index (χ2n) is 4.67. The molecule has 0 aliphatic carbocycles. The molecule has 1 aromatic heterocycles. The molecule has 0 bridgehead atoms.